The molecular formula is C15H24N6O3. The van der Waals surface area contributed by atoms with E-state index in [0.29, 0.717) is 18.4 Å². The van der Waals surface area contributed by atoms with Gasteiger partial charge >= 0.3 is 5.69 Å². The highest BCUT2D eigenvalue weighted by molar-refractivity contribution is 5.70. The van der Waals surface area contributed by atoms with Crippen LogP contribution in [0.1, 0.15) is 32.6 Å². The molecule has 0 aliphatic carbocycles. The standard InChI is InChI=1S/C15H24N6O3/c1-10-4-2-6-20(9-10)15-18-13(16)12(21(22)23)14(19-15)17-8-11-5-3-7-24-11/h10-11H,2-9H2,1H3,(H3,16,17,18,19). The van der Waals surface area contributed by atoms with E-state index < -0.39 is 4.92 Å². The summed E-state index contributed by atoms with van der Waals surface area (Å²) >= 11 is 0. The van der Waals surface area contributed by atoms with Crippen molar-refractivity contribution in [2.45, 2.75) is 38.7 Å². The largest absolute Gasteiger partial charge is 0.378 e. The van der Waals surface area contributed by atoms with Crippen molar-refractivity contribution in [2.24, 2.45) is 5.92 Å². The molecule has 0 bridgehead atoms. The predicted molar refractivity (Wildman–Crippen MR) is 91.2 cm³/mol. The summed E-state index contributed by atoms with van der Waals surface area (Å²) in [6.07, 6.45) is 4.23. The second-order valence-corrected chi connectivity index (χ2v) is 6.57. The van der Waals surface area contributed by atoms with E-state index in [2.05, 4.69) is 22.2 Å². The van der Waals surface area contributed by atoms with Crippen LogP contribution in [-0.2, 0) is 4.74 Å². The van der Waals surface area contributed by atoms with Crippen LogP contribution in [0.3, 0.4) is 0 Å². The van der Waals surface area contributed by atoms with Crippen molar-refractivity contribution in [1.82, 2.24) is 9.97 Å². The maximum Gasteiger partial charge on any atom is 0.353 e. The number of nitro groups is 1. The molecule has 0 saturated carbocycles. The summed E-state index contributed by atoms with van der Waals surface area (Å²) in [5.74, 6) is 1.08. The molecule has 3 N–H and O–H groups in total. The normalized spacial score (nSPS) is 24.1. The number of nitrogens with one attached hydrogen (secondary N) is 1. The van der Waals surface area contributed by atoms with E-state index in [1.807, 2.05) is 4.90 Å². The molecule has 0 amide bonds. The molecule has 0 radical (unpaired) electrons. The maximum atomic E-state index is 11.3. The Labute approximate surface area is 140 Å². The van der Waals surface area contributed by atoms with Crippen LogP contribution in [0, 0.1) is 16.0 Å². The van der Waals surface area contributed by atoms with Crippen LogP contribution >= 0.6 is 0 Å². The van der Waals surface area contributed by atoms with Crippen molar-refractivity contribution in [3.63, 3.8) is 0 Å². The molecule has 3 rings (SSSR count). The fraction of sp³-hybridized carbons (Fsp3) is 0.733. The van der Waals surface area contributed by atoms with Crippen molar-refractivity contribution >= 4 is 23.3 Å². The van der Waals surface area contributed by atoms with Gasteiger partial charge in [0.05, 0.1) is 11.0 Å². The van der Waals surface area contributed by atoms with Crippen LogP contribution in [0.15, 0.2) is 0 Å². The minimum Gasteiger partial charge on any atom is -0.378 e. The number of rotatable bonds is 5. The number of piperidine rings is 1. The van der Waals surface area contributed by atoms with E-state index in [1.165, 1.54) is 6.42 Å². The molecule has 1 aromatic heterocycles. The van der Waals surface area contributed by atoms with Crippen LogP contribution in [0.2, 0.25) is 0 Å². The molecular weight excluding hydrogens is 312 g/mol. The summed E-state index contributed by atoms with van der Waals surface area (Å²) in [5.41, 5.74) is 5.60. The molecule has 2 aliphatic heterocycles. The third-order valence-electron chi connectivity index (χ3n) is 4.54. The summed E-state index contributed by atoms with van der Waals surface area (Å²) in [6.45, 7) is 5.07. The first-order valence-electron chi connectivity index (χ1n) is 8.47. The lowest BCUT2D eigenvalue weighted by Gasteiger charge is -2.31. The molecule has 0 spiro atoms. The Morgan fingerprint density at radius 1 is 1.42 bits per heavy atom. The lowest BCUT2D eigenvalue weighted by atomic mass is 10.0. The molecule has 2 unspecified atom stereocenters. The molecule has 0 aromatic carbocycles. The number of nitrogen functional groups attached to an aromatic ring is 1. The lowest BCUT2D eigenvalue weighted by molar-refractivity contribution is -0.383. The van der Waals surface area contributed by atoms with Gasteiger partial charge in [0.2, 0.25) is 17.6 Å². The number of hydrogen-bond donors (Lipinski definition) is 2. The van der Waals surface area contributed by atoms with Crippen molar-refractivity contribution in [3.05, 3.63) is 10.1 Å². The second-order valence-electron chi connectivity index (χ2n) is 6.57. The van der Waals surface area contributed by atoms with Gasteiger partial charge < -0.3 is 20.7 Å². The Kier molecular flexibility index (Phi) is 4.98. The minimum absolute atomic E-state index is 0.0549. The van der Waals surface area contributed by atoms with E-state index in [1.54, 1.807) is 0 Å². The zero-order chi connectivity index (χ0) is 17.1. The van der Waals surface area contributed by atoms with E-state index in [-0.39, 0.29) is 23.4 Å². The molecule has 24 heavy (non-hydrogen) atoms. The summed E-state index contributed by atoms with van der Waals surface area (Å²) in [5, 5.41) is 14.4. The maximum absolute atomic E-state index is 11.3. The van der Waals surface area contributed by atoms with Gasteiger partial charge in [-0.2, -0.15) is 9.97 Å². The Balaban J connectivity index is 1.83. The molecule has 2 fully saturated rings. The minimum atomic E-state index is -0.532. The monoisotopic (exact) mass is 336 g/mol. The highest BCUT2D eigenvalue weighted by Crippen LogP contribution is 2.31. The fourth-order valence-electron chi connectivity index (χ4n) is 3.29. The van der Waals surface area contributed by atoms with E-state index in [9.17, 15) is 10.1 Å². The van der Waals surface area contributed by atoms with Crippen LogP contribution in [0.5, 0.6) is 0 Å². The highest BCUT2D eigenvalue weighted by atomic mass is 16.6. The van der Waals surface area contributed by atoms with E-state index in [4.69, 9.17) is 10.5 Å². The molecule has 2 atom stereocenters. The van der Waals surface area contributed by atoms with Gasteiger partial charge in [-0.05, 0) is 31.6 Å². The van der Waals surface area contributed by atoms with Gasteiger partial charge in [-0.25, -0.2) is 0 Å². The van der Waals surface area contributed by atoms with Gasteiger partial charge in [0.15, 0.2) is 0 Å². The number of ether oxygens (including phenoxy) is 1. The van der Waals surface area contributed by atoms with Crippen molar-refractivity contribution in [2.75, 3.05) is 42.2 Å². The number of nitrogens with zero attached hydrogens (tertiary/aromatic N) is 4. The number of anilines is 3. The number of hydrogen-bond acceptors (Lipinski definition) is 8. The molecule has 9 heteroatoms. The van der Waals surface area contributed by atoms with Crippen LogP contribution in [0.4, 0.5) is 23.3 Å². The molecule has 2 aliphatic rings. The number of nitrogens with two attached hydrogens (primary N) is 1. The third kappa shape index (κ3) is 3.66. The SMILES string of the molecule is CC1CCCN(c2nc(N)c([N+](=O)[O-])c(NCC3CCCO3)n2)C1. The van der Waals surface area contributed by atoms with E-state index >= 15 is 0 Å². The van der Waals surface area contributed by atoms with Crippen LogP contribution in [-0.4, -0.2) is 47.2 Å². The molecule has 1 aromatic rings. The molecule has 2 saturated heterocycles. The molecule has 3 heterocycles. The average molecular weight is 336 g/mol. The Morgan fingerprint density at radius 3 is 2.92 bits per heavy atom. The highest BCUT2D eigenvalue weighted by Gasteiger charge is 2.27. The van der Waals surface area contributed by atoms with Crippen molar-refractivity contribution in [3.8, 4) is 0 Å². The summed E-state index contributed by atoms with van der Waals surface area (Å²) in [4.78, 5) is 21.4. The van der Waals surface area contributed by atoms with Crippen molar-refractivity contribution < 1.29 is 9.66 Å². The van der Waals surface area contributed by atoms with Gasteiger partial charge in [0, 0.05) is 26.2 Å². The van der Waals surface area contributed by atoms with Gasteiger partial charge in [0.1, 0.15) is 0 Å². The van der Waals surface area contributed by atoms with Gasteiger partial charge in [-0.1, -0.05) is 6.92 Å². The van der Waals surface area contributed by atoms with Crippen molar-refractivity contribution in [1.29, 1.82) is 0 Å². The first-order valence-corrected chi connectivity index (χ1v) is 8.47. The third-order valence-corrected chi connectivity index (χ3v) is 4.54. The fourth-order valence-corrected chi connectivity index (χ4v) is 3.29. The Hall–Kier alpha value is -2.16. The number of aromatic nitrogens is 2. The first kappa shape index (κ1) is 16.7. The first-order chi connectivity index (χ1) is 11.5. The topological polar surface area (TPSA) is 119 Å². The summed E-state index contributed by atoms with van der Waals surface area (Å²) in [6, 6.07) is 0. The zero-order valence-electron chi connectivity index (χ0n) is 13.9. The molecule has 132 valence electrons. The summed E-state index contributed by atoms with van der Waals surface area (Å²) < 4.78 is 5.55. The zero-order valence-corrected chi connectivity index (χ0v) is 13.9. The lowest BCUT2D eigenvalue weighted by Crippen LogP contribution is -2.35. The second kappa shape index (κ2) is 7.16. The molecule has 9 nitrogen and oxygen atoms in total. The van der Waals surface area contributed by atoms with Gasteiger partial charge in [0.25, 0.3) is 0 Å². The van der Waals surface area contributed by atoms with Gasteiger partial charge in [-0.3, -0.25) is 10.1 Å². The van der Waals surface area contributed by atoms with E-state index in [0.717, 1.165) is 39.0 Å². The predicted octanol–water partition coefficient (Wildman–Crippen LogP) is 1.79. The smallest absolute Gasteiger partial charge is 0.353 e. The Bertz CT molecular complexity index is 605. The summed E-state index contributed by atoms with van der Waals surface area (Å²) in [7, 11) is 0. The quantitative estimate of drug-likeness (QED) is 0.617. The Morgan fingerprint density at radius 2 is 2.25 bits per heavy atom. The average Bonchev–Trinajstić information content (AvgIpc) is 3.05. The van der Waals surface area contributed by atoms with Gasteiger partial charge in [-0.15, -0.1) is 0 Å². The van der Waals surface area contributed by atoms with Crippen LogP contribution in [0.25, 0.3) is 0 Å². The van der Waals surface area contributed by atoms with Crippen LogP contribution < -0.4 is 16.0 Å².